The molecule has 25 heavy (non-hydrogen) atoms. The van der Waals surface area contributed by atoms with Crippen molar-refractivity contribution in [2.75, 3.05) is 19.6 Å². The smallest absolute Gasteiger partial charge is 0.276 e. The number of hydrogen-bond acceptors (Lipinski definition) is 4. The summed E-state index contributed by atoms with van der Waals surface area (Å²) in [6.45, 7) is 3.69. The predicted molar refractivity (Wildman–Crippen MR) is 93.3 cm³/mol. The molecule has 130 valence electrons. The molecular weight excluding hydrogens is 314 g/mol. The van der Waals surface area contributed by atoms with Crippen LogP contribution in [0.2, 0.25) is 0 Å². The van der Waals surface area contributed by atoms with Crippen LogP contribution in [0.4, 0.5) is 0 Å². The van der Waals surface area contributed by atoms with Gasteiger partial charge < -0.3 is 9.42 Å². The molecule has 1 amide bonds. The van der Waals surface area contributed by atoms with Crippen LogP contribution < -0.4 is 0 Å². The van der Waals surface area contributed by atoms with E-state index < -0.39 is 0 Å². The Hall–Kier alpha value is -2.14. The molecule has 5 heteroatoms. The Labute approximate surface area is 147 Å². The van der Waals surface area contributed by atoms with Crippen LogP contribution in [0.25, 0.3) is 0 Å². The first kappa shape index (κ1) is 15.1. The Bertz CT molecular complexity index is 796. The van der Waals surface area contributed by atoms with Gasteiger partial charge in [-0.05, 0) is 36.8 Å². The maximum absolute atomic E-state index is 12.7. The first-order chi connectivity index (χ1) is 12.3. The van der Waals surface area contributed by atoms with Crippen molar-refractivity contribution in [3.05, 3.63) is 52.9 Å². The summed E-state index contributed by atoms with van der Waals surface area (Å²) in [5, 5.41) is 4.01. The number of carbonyl (C=O) groups excluding carboxylic acids is 1. The summed E-state index contributed by atoms with van der Waals surface area (Å²) in [6.07, 6.45) is 4.46. The van der Waals surface area contributed by atoms with Gasteiger partial charge in [0.25, 0.3) is 5.91 Å². The van der Waals surface area contributed by atoms with Gasteiger partial charge in [-0.15, -0.1) is 0 Å². The molecule has 2 aromatic rings. The van der Waals surface area contributed by atoms with Crippen LogP contribution in [0.15, 0.2) is 34.9 Å². The Balaban J connectivity index is 1.24. The highest BCUT2D eigenvalue weighted by Crippen LogP contribution is 2.40. The zero-order valence-electron chi connectivity index (χ0n) is 14.4. The average Bonchev–Trinajstić information content (AvgIpc) is 3.19. The van der Waals surface area contributed by atoms with E-state index in [1.165, 1.54) is 11.1 Å². The van der Waals surface area contributed by atoms with Gasteiger partial charge in [-0.1, -0.05) is 29.4 Å². The number of likely N-dealkylation sites (tertiary alicyclic amines) is 1. The minimum absolute atomic E-state index is 0.0237. The van der Waals surface area contributed by atoms with E-state index in [0.717, 1.165) is 57.6 Å². The molecule has 0 unspecified atom stereocenters. The standard InChI is InChI=1S/C20H23N3O2/c24-20(18-11-19(25-21-18)15-5-6-15)23-10-8-17(13-23)22-9-7-14-3-1-2-4-16(14)12-22/h1-4,11,15,17H,5-10,12-13H2/t17-/m1/s1. The molecule has 0 spiro atoms. The molecule has 0 bridgehead atoms. The molecule has 2 fully saturated rings. The molecule has 1 saturated heterocycles. The molecule has 0 N–H and O–H groups in total. The van der Waals surface area contributed by atoms with Crippen molar-refractivity contribution in [1.29, 1.82) is 0 Å². The molecule has 0 radical (unpaired) electrons. The van der Waals surface area contributed by atoms with E-state index in [-0.39, 0.29) is 5.91 Å². The summed E-state index contributed by atoms with van der Waals surface area (Å²) < 4.78 is 5.34. The largest absolute Gasteiger partial charge is 0.360 e. The van der Waals surface area contributed by atoms with E-state index in [1.54, 1.807) is 0 Å². The first-order valence-electron chi connectivity index (χ1n) is 9.34. The van der Waals surface area contributed by atoms with Gasteiger partial charge in [0.15, 0.2) is 5.69 Å². The highest BCUT2D eigenvalue weighted by atomic mass is 16.5. The second-order valence-electron chi connectivity index (χ2n) is 7.57. The maximum atomic E-state index is 12.7. The zero-order chi connectivity index (χ0) is 16.8. The van der Waals surface area contributed by atoms with Crippen molar-refractivity contribution >= 4 is 5.91 Å². The summed E-state index contributed by atoms with van der Waals surface area (Å²) in [5.74, 6) is 1.40. The molecule has 3 heterocycles. The Morgan fingerprint density at radius 2 is 1.96 bits per heavy atom. The van der Waals surface area contributed by atoms with Gasteiger partial charge in [0.2, 0.25) is 0 Å². The predicted octanol–water partition coefficient (Wildman–Crippen LogP) is 2.82. The maximum Gasteiger partial charge on any atom is 0.276 e. The molecule has 5 nitrogen and oxygen atoms in total. The van der Waals surface area contributed by atoms with Gasteiger partial charge in [0, 0.05) is 44.2 Å². The molecule has 2 aliphatic heterocycles. The van der Waals surface area contributed by atoms with Gasteiger partial charge in [0.1, 0.15) is 5.76 Å². The number of amides is 1. The molecule has 1 aromatic heterocycles. The van der Waals surface area contributed by atoms with Crippen LogP contribution in [0, 0.1) is 0 Å². The molecule has 5 rings (SSSR count). The second-order valence-corrected chi connectivity index (χ2v) is 7.57. The lowest BCUT2D eigenvalue weighted by atomic mass is 9.98. The third-order valence-electron chi connectivity index (χ3n) is 5.85. The summed E-state index contributed by atoms with van der Waals surface area (Å²) in [6, 6.07) is 11.0. The van der Waals surface area contributed by atoms with Gasteiger partial charge in [-0.2, -0.15) is 0 Å². The number of carbonyl (C=O) groups is 1. The minimum Gasteiger partial charge on any atom is -0.360 e. The third kappa shape index (κ3) is 2.86. The van der Waals surface area contributed by atoms with Crippen LogP contribution in [0.3, 0.4) is 0 Å². The Morgan fingerprint density at radius 1 is 1.12 bits per heavy atom. The normalized spacial score (nSPS) is 23.7. The lowest BCUT2D eigenvalue weighted by Crippen LogP contribution is -2.41. The van der Waals surface area contributed by atoms with Crippen molar-refractivity contribution in [3.8, 4) is 0 Å². The van der Waals surface area contributed by atoms with E-state index in [9.17, 15) is 4.79 Å². The van der Waals surface area contributed by atoms with Crippen molar-refractivity contribution in [1.82, 2.24) is 15.0 Å². The molecule has 1 atom stereocenters. The van der Waals surface area contributed by atoms with Crippen LogP contribution in [0.5, 0.6) is 0 Å². The molecule has 1 saturated carbocycles. The lowest BCUT2D eigenvalue weighted by Gasteiger charge is -2.33. The number of nitrogens with zero attached hydrogens (tertiary/aromatic N) is 3. The van der Waals surface area contributed by atoms with Crippen LogP contribution in [-0.2, 0) is 13.0 Å². The van der Waals surface area contributed by atoms with Gasteiger partial charge >= 0.3 is 0 Å². The summed E-state index contributed by atoms with van der Waals surface area (Å²) in [4.78, 5) is 17.2. The lowest BCUT2D eigenvalue weighted by molar-refractivity contribution is 0.0763. The summed E-state index contributed by atoms with van der Waals surface area (Å²) in [5.41, 5.74) is 3.38. The van der Waals surface area contributed by atoms with Crippen LogP contribution in [0.1, 0.15) is 52.6 Å². The Morgan fingerprint density at radius 3 is 2.80 bits per heavy atom. The van der Waals surface area contributed by atoms with Crippen molar-refractivity contribution < 1.29 is 9.32 Å². The van der Waals surface area contributed by atoms with E-state index in [0.29, 0.717) is 17.7 Å². The fourth-order valence-corrected chi connectivity index (χ4v) is 4.17. The number of benzene rings is 1. The number of fused-ring (bicyclic) bond motifs is 1. The van der Waals surface area contributed by atoms with Gasteiger partial charge in [-0.3, -0.25) is 9.69 Å². The summed E-state index contributed by atoms with van der Waals surface area (Å²) >= 11 is 0. The van der Waals surface area contributed by atoms with E-state index >= 15 is 0 Å². The molecular formula is C20H23N3O2. The topological polar surface area (TPSA) is 49.6 Å². The zero-order valence-corrected chi connectivity index (χ0v) is 14.4. The molecule has 1 aliphatic carbocycles. The van der Waals surface area contributed by atoms with Crippen LogP contribution >= 0.6 is 0 Å². The number of hydrogen-bond donors (Lipinski definition) is 0. The van der Waals surface area contributed by atoms with Gasteiger partial charge in [-0.25, -0.2) is 0 Å². The van der Waals surface area contributed by atoms with Crippen LogP contribution in [-0.4, -0.2) is 46.5 Å². The number of rotatable bonds is 3. The van der Waals surface area contributed by atoms with Crippen molar-refractivity contribution in [3.63, 3.8) is 0 Å². The highest BCUT2D eigenvalue weighted by Gasteiger charge is 2.34. The third-order valence-corrected chi connectivity index (χ3v) is 5.85. The van der Waals surface area contributed by atoms with Crippen molar-refractivity contribution in [2.24, 2.45) is 0 Å². The second kappa shape index (κ2) is 5.99. The van der Waals surface area contributed by atoms with E-state index in [4.69, 9.17) is 4.52 Å². The first-order valence-corrected chi connectivity index (χ1v) is 9.34. The monoisotopic (exact) mass is 337 g/mol. The van der Waals surface area contributed by atoms with Crippen molar-refractivity contribution in [2.45, 2.75) is 44.2 Å². The minimum atomic E-state index is 0.0237. The fraction of sp³-hybridized carbons (Fsp3) is 0.500. The highest BCUT2D eigenvalue weighted by molar-refractivity contribution is 5.92. The molecule has 3 aliphatic rings. The van der Waals surface area contributed by atoms with E-state index in [2.05, 4.69) is 34.3 Å². The molecule has 1 aromatic carbocycles. The Kier molecular flexibility index (Phi) is 3.63. The number of aromatic nitrogens is 1. The van der Waals surface area contributed by atoms with Gasteiger partial charge in [0.05, 0.1) is 0 Å². The SMILES string of the molecule is O=C(c1cc(C2CC2)on1)N1CC[C@@H](N2CCc3ccccc3C2)C1. The van der Waals surface area contributed by atoms with E-state index in [1.807, 2.05) is 11.0 Å². The summed E-state index contributed by atoms with van der Waals surface area (Å²) in [7, 11) is 0. The quantitative estimate of drug-likeness (QED) is 0.864. The average molecular weight is 337 g/mol. The fourth-order valence-electron chi connectivity index (χ4n) is 4.17.